The summed E-state index contributed by atoms with van der Waals surface area (Å²) in [5.41, 5.74) is 2.46. The molecule has 0 amide bonds. The van der Waals surface area contributed by atoms with Crippen LogP contribution in [0.15, 0.2) is 48.7 Å². The predicted molar refractivity (Wildman–Crippen MR) is 138 cm³/mol. The van der Waals surface area contributed by atoms with Gasteiger partial charge in [-0.1, -0.05) is 35.3 Å². The molecule has 2 fully saturated rings. The number of aromatic nitrogens is 1. The van der Waals surface area contributed by atoms with E-state index in [4.69, 9.17) is 23.2 Å². The summed E-state index contributed by atoms with van der Waals surface area (Å²) in [6.45, 7) is 3.48. The minimum Gasteiger partial charge on any atom is -0.345 e. The maximum atomic E-state index is 12.8. The summed E-state index contributed by atoms with van der Waals surface area (Å²) >= 11 is 12.5. The topological polar surface area (TPSA) is 42.3 Å². The second kappa shape index (κ2) is 9.85. The monoisotopic (exact) mass is 496 g/mol. The quantitative estimate of drug-likeness (QED) is 0.313. The van der Waals surface area contributed by atoms with Crippen molar-refractivity contribution in [2.75, 3.05) is 6.54 Å². The minimum absolute atomic E-state index is 0.0688. The van der Waals surface area contributed by atoms with Gasteiger partial charge in [0.25, 0.3) is 0 Å². The largest absolute Gasteiger partial charge is 0.345 e. The molecule has 1 aromatic heterocycles. The van der Waals surface area contributed by atoms with Crippen molar-refractivity contribution in [2.45, 2.75) is 64.1 Å². The molecule has 0 N–H and O–H groups in total. The molecule has 0 spiro atoms. The molecule has 34 heavy (non-hydrogen) atoms. The normalized spacial score (nSPS) is 22.4. The number of hydrogen-bond acceptors (Lipinski definition) is 3. The smallest absolute Gasteiger partial charge is 0.163 e. The van der Waals surface area contributed by atoms with Gasteiger partial charge in [-0.15, -0.1) is 0 Å². The van der Waals surface area contributed by atoms with Crippen molar-refractivity contribution < 1.29 is 9.59 Å². The Balaban J connectivity index is 1.20. The van der Waals surface area contributed by atoms with Crippen LogP contribution in [0.1, 0.15) is 66.2 Å². The third kappa shape index (κ3) is 4.68. The van der Waals surface area contributed by atoms with Crippen LogP contribution in [0.5, 0.6) is 0 Å². The second-order valence-corrected chi connectivity index (χ2v) is 10.7. The summed E-state index contributed by atoms with van der Waals surface area (Å²) in [6, 6.07) is 14.2. The highest BCUT2D eigenvalue weighted by molar-refractivity contribution is 6.35. The molecule has 0 aliphatic carbocycles. The van der Waals surface area contributed by atoms with Gasteiger partial charge in [0.2, 0.25) is 0 Å². The maximum absolute atomic E-state index is 12.8. The molecule has 178 valence electrons. The van der Waals surface area contributed by atoms with Crippen LogP contribution < -0.4 is 0 Å². The van der Waals surface area contributed by atoms with Gasteiger partial charge < -0.3 is 4.57 Å². The fourth-order valence-corrected chi connectivity index (χ4v) is 6.54. The highest BCUT2D eigenvalue weighted by Crippen LogP contribution is 2.40. The van der Waals surface area contributed by atoms with Crippen LogP contribution in [-0.4, -0.2) is 39.7 Å². The summed E-state index contributed by atoms with van der Waals surface area (Å²) < 4.78 is 2.15. The Morgan fingerprint density at radius 1 is 0.971 bits per heavy atom. The number of Topliss-reactive ketones (excluding diaryl/α,β-unsaturated/α-hetero) is 2. The first-order chi connectivity index (χ1) is 16.4. The van der Waals surface area contributed by atoms with Gasteiger partial charge in [0.1, 0.15) is 0 Å². The molecule has 4 nitrogen and oxygen atoms in total. The number of rotatable bonds is 8. The third-order valence-corrected chi connectivity index (χ3v) is 8.22. The average molecular weight is 497 g/mol. The van der Waals surface area contributed by atoms with E-state index in [1.807, 2.05) is 36.5 Å². The van der Waals surface area contributed by atoms with E-state index in [1.165, 1.54) is 12.8 Å². The molecule has 6 heteroatoms. The summed E-state index contributed by atoms with van der Waals surface area (Å²) in [5.74, 6) is 0.758. The molecule has 2 unspecified atom stereocenters. The highest BCUT2D eigenvalue weighted by Gasteiger charge is 2.40. The number of carbonyl (C=O) groups excluding carboxylic acids is 2. The number of halogens is 2. The number of benzene rings is 2. The van der Waals surface area contributed by atoms with Gasteiger partial charge >= 0.3 is 0 Å². The molecule has 0 saturated carbocycles. The van der Waals surface area contributed by atoms with E-state index >= 15 is 0 Å². The first-order valence-corrected chi connectivity index (χ1v) is 13.0. The standard InChI is InChI=1S/C28H30Cl2N2O2/c1-18(33)25-17-31(28-24(25)4-2-5-26(28)30)12-3-13-32-22-10-11-23(32)15-19(14-22)16-27(34)20-6-8-21(29)9-7-20/h2,4-9,17,19,22-23H,3,10-16H2,1H3. The number of fused-ring (bicyclic) bond motifs is 3. The second-order valence-electron chi connectivity index (χ2n) is 9.88. The maximum Gasteiger partial charge on any atom is 0.163 e. The molecule has 2 aliphatic rings. The summed E-state index contributed by atoms with van der Waals surface area (Å²) in [4.78, 5) is 27.5. The Kier molecular flexibility index (Phi) is 6.83. The Morgan fingerprint density at radius 2 is 1.68 bits per heavy atom. The lowest BCUT2D eigenvalue weighted by molar-refractivity contribution is 0.0807. The van der Waals surface area contributed by atoms with Gasteiger partial charge in [0.05, 0.1) is 10.5 Å². The SMILES string of the molecule is CC(=O)c1cn(CCCN2C3CCC2CC(CC(=O)c2ccc(Cl)cc2)C3)c2c(Cl)cccc12. The van der Waals surface area contributed by atoms with Crippen LogP contribution in [0.2, 0.25) is 10.0 Å². The van der Waals surface area contributed by atoms with Crippen LogP contribution in [0.25, 0.3) is 10.9 Å². The lowest BCUT2D eigenvalue weighted by Gasteiger charge is -2.39. The van der Waals surface area contributed by atoms with Gasteiger partial charge in [0.15, 0.2) is 11.6 Å². The van der Waals surface area contributed by atoms with Crippen LogP contribution in [0.4, 0.5) is 0 Å². The Labute approximate surface area is 210 Å². The number of hydrogen-bond donors (Lipinski definition) is 0. The van der Waals surface area contributed by atoms with E-state index in [1.54, 1.807) is 19.1 Å². The number of nitrogens with zero attached hydrogens (tertiary/aromatic N) is 2. The number of carbonyl (C=O) groups is 2. The zero-order valence-electron chi connectivity index (χ0n) is 19.5. The fraction of sp³-hybridized carbons (Fsp3) is 0.429. The Bertz CT molecular complexity index is 1200. The first kappa shape index (κ1) is 23.6. The summed E-state index contributed by atoms with van der Waals surface area (Å²) in [7, 11) is 0. The minimum atomic E-state index is 0.0688. The van der Waals surface area contributed by atoms with Crippen molar-refractivity contribution in [1.82, 2.24) is 9.47 Å². The molecule has 0 radical (unpaired) electrons. The van der Waals surface area contributed by atoms with E-state index in [2.05, 4.69) is 9.47 Å². The van der Waals surface area contributed by atoms with Crippen LogP contribution in [0, 0.1) is 5.92 Å². The molecule has 2 saturated heterocycles. The van der Waals surface area contributed by atoms with E-state index in [0.29, 0.717) is 34.5 Å². The number of piperidine rings is 1. The lowest BCUT2D eigenvalue weighted by atomic mass is 9.85. The van der Waals surface area contributed by atoms with Gasteiger partial charge in [-0.2, -0.15) is 0 Å². The molecule has 3 aromatic rings. The van der Waals surface area contributed by atoms with Gasteiger partial charge in [-0.05, 0) is 75.3 Å². The molecule has 2 bridgehead atoms. The molecule has 2 atom stereocenters. The van der Waals surface area contributed by atoms with Gasteiger partial charge in [-0.25, -0.2) is 0 Å². The van der Waals surface area contributed by atoms with Gasteiger partial charge in [0, 0.05) is 59.3 Å². The van der Waals surface area contributed by atoms with E-state index in [-0.39, 0.29) is 11.6 Å². The van der Waals surface area contributed by atoms with Crippen molar-refractivity contribution in [3.8, 4) is 0 Å². The predicted octanol–water partition coefficient (Wildman–Crippen LogP) is 7.06. The first-order valence-electron chi connectivity index (χ1n) is 12.2. The van der Waals surface area contributed by atoms with Crippen molar-refractivity contribution in [3.05, 3.63) is 69.8 Å². The van der Waals surface area contributed by atoms with Crippen LogP contribution in [-0.2, 0) is 6.54 Å². The van der Waals surface area contributed by atoms with Crippen molar-refractivity contribution >= 4 is 45.7 Å². The van der Waals surface area contributed by atoms with E-state index in [9.17, 15) is 9.59 Å². The zero-order chi connectivity index (χ0) is 23.8. The van der Waals surface area contributed by atoms with Crippen LogP contribution in [0.3, 0.4) is 0 Å². The Hall–Kier alpha value is -2.14. The molecule has 2 aliphatic heterocycles. The molecular weight excluding hydrogens is 467 g/mol. The summed E-state index contributed by atoms with van der Waals surface area (Å²) in [5, 5.41) is 2.29. The van der Waals surface area contributed by atoms with Crippen molar-refractivity contribution in [2.24, 2.45) is 5.92 Å². The zero-order valence-corrected chi connectivity index (χ0v) is 21.0. The lowest BCUT2D eigenvalue weighted by Crippen LogP contribution is -2.43. The van der Waals surface area contributed by atoms with Crippen LogP contribution >= 0.6 is 23.2 Å². The van der Waals surface area contributed by atoms with Crippen molar-refractivity contribution in [3.63, 3.8) is 0 Å². The molecule has 3 heterocycles. The third-order valence-electron chi connectivity index (χ3n) is 7.67. The van der Waals surface area contributed by atoms with E-state index in [0.717, 1.165) is 54.4 Å². The van der Waals surface area contributed by atoms with E-state index < -0.39 is 0 Å². The molecule has 2 aromatic carbocycles. The Morgan fingerprint density at radius 3 is 2.35 bits per heavy atom. The van der Waals surface area contributed by atoms with Crippen molar-refractivity contribution in [1.29, 1.82) is 0 Å². The number of ketones is 2. The number of aryl methyl sites for hydroxylation is 1. The van der Waals surface area contributed by atoms with Gasteiger partial charge in [-0.3, -0.25) is 14.5 Å². The average Bonchev–Trinajstić information content (AvgIpc) is 3.29. The molecular formula is C28H30Cl2N2O2. The highest BCUT2D eigenvalue weighted by atomic mass is 35.5. The fourth-order valence-electron chi connectivity index (χ4n) is 6.13. The molecule has 5 rings (SSSR count). The summed E-state index contributed by atoms with van der Waals surface area (Å²) in [6.07, 6.45) is 8.25. The number of para-hydroxylation sites is 1.